The van der Waals surface area contributed by atoms with Crippen molar-refractivity contribution in [3.63, 3.8) is 0 Å². The number of likely N-dealkylation sites (N-methyl/N-ethyl adjacent to an activating group) is 1. The maximum atomic E-state index is 5.83. The van der Waals surface area contributed by atoms with Gasteiger partial charge in [-0.15, -0.1) is 0 Å². The second-order valence-electron chi connectivity index (χ2n) is 5.63. The molecule has 0 radical (unpaired) electrons. The fourth-order valence-electron chi connectivity index (χ4n) is 2.75. The molecular weight excluding hydrogens is 322 g/mol. The number of hydrazine groups is 1. The normalized spacial score (nSPS) is 19.1. The van der Waals surface area contributed by atoms with E-state index in [1.165, 1.54) is 6.42 Å². The zero-order chi connectivity index (χ0) is 14.8. The van der Waals surface area contributed by atoms with Crippen LogP contribution in [0.1, 0.15) is 31.0 Å². The second kappa shape index (κ2) is 6.53. The first-order valence-electron chi connectivity index (χ1n) is 6.91. The molecule has 0 aliphatic heterocycles. The van der Waals surface area contributed by atoms with Crippen molar-refractivity contribution in [2.45, 2.75) is 37.5 Å². The smallest absolute Gasteiger partial charge is 0.0929 e. The van der Waals surface area contributed by atoms with E-state index < -0.39 is 0 Å². The maximum absolute atomic E-state index is 5.83. The van der Waals surface area contributed by atoms with E-state index in [2.05, 4.69) is 45.4 Å². The van der Waals surface area contributed by atoms with E-state index in [1.807, 2.05) is 10.9 Å². The highest BCUT2D eigenvalue weighted by Gasteiger charge is 2.46. The summed E-state index contributed by atoms with van der Waals surface area (Å²) in [6.45, 7) is 1.75. The monoisotopic (exact) mass is 345 g/mol. The third kappa shape index (κ3) is 2.92. The van der Waals surface area contributed by atoms with Crippen molar-refractivity contribution in [1.29, 1.82) is 0 Å². The Kier molecular flexibility index (Phi) is 5.19. The minimum atomic E-state index is -0.215. The molecule has 7 heteroatoms. The van der Waals surface area contributed by atoms with Gasteiger partial charge in [0.25, 0.3) is 0 Å². The maximum Gasteiger partial charge on any atom is 0.0929 e. The Labute approximate surface area is 128 Å². The third-order valence-electron chi connectivity index (χ3n) is 4.16. The molecule has 1 fully saturated rings. The van der Waals surface area contributed by atoms with E-state index in [0.717, 1.165) is 36.1 Å². The number of hydrogen-bond donors (Lipinski definition) is 2. The fourth-order valence-corrected chi connectivity index (χ4v) is 3.27. The summed E-state index contributed by atoms with van der Waals surface area (Å²) in [5.41, 5.74) is 3.79. The topological polar surface area (TPSA) is 68.3 Å². The van der Waals surface area contributed by atoms with Crippen LogP contribution < -0.4 is 11.3 Å². The van der Waals surface area contributed by atoms with Crippen molar-refractivity contribution in [2.75, 3.05) is 27.7 Å². The molecule has 1 heterocycles. The predicted octanol–water partition coefficient (Wildman–Crippen LogP) is 1.28. The molecule has 1 atom stereocenters. The average Bonchev–Trinajstić information content (AvgIpc) is 2.72. The molecule has 6 nitrogen and oxygen atoms in total. The van der Waals surface area contributed by atoms with E-state index in [4.69, 9.17) is 10.6 Å². The molecular formula is C13H24BrN5O. The first-order valence-corrected chi connectivity index (χ1v) is 7.70. The number of aromatic nitrogens is 2. The Hall–Kier alpha value is -0.470. The van der Waals surface area contributed by atoms with Crippen LogP contribution in [-0.2, 0) is 11.3 Å². The number of ether oxygens (including phenoxy) is 1. The van der Waals surface area contributed by atoms with E-state index in [9.17, 15) is 0 Å². The lowest BCUT2D eigenvalue weighted by atomic mass is 9.73. The first-order chi connectivity index (χ1) is 9.54. The van der Waals surface area contributed by atoms with Gasteiger partial charge >= 0.3 is 0 Å². The molecule has 0 aromatic carbocycles. The van der Waals surface area contributed by atoms with Crippen molar-refractivity contribution in [3.8, 4) is 0 Å². The number of methoxy groups -OCH3 is 1. The van der Waals surface area contributed by atoms with Crippen LogP contribution in [0, 0.1) is 0 Å². The molecule has 0 saturated heterocycles. The summed E-state index contributed by atoms with van der Waals surface area (Å²) >= 11 is 3.59. The third-order valence-corrected chi connectivity index (χ3v) is 4.78. The zero-order valence-electron chi connectivity index (χ0n) is 12.4. The lowest BCUT2D eigenvalue weighted by molar-refractivity contribution is -0.102. The molecule has 20 heavy (non-hydrogen) atoms. The summed E-state index contributed by atoms with van der Waals surface area (Å²) < 4.78 is 8.75. The molecule has 1 saturated carbocycles. The van der Waals surface area contributed by atoms with Crippen molar-refractivity contribution in [3.05, 3.63) is 16.4 Å². The van der Waals surface area contributed by atoms with Crippen molar-refractivity contribution >= 4 is 15.9 Å². The molecule has 2 rings (SSSR count). The highest BCUT2D eigenvalue weighted by atomic mass is 79.9. The minimum absolute atomic E-state index is 0.0553. The molecule has 1 unspecified atom stereocenters. The van der Waals surface area contributed by atoms with Gasteiger partial charge < -0.3 is 9.64 Å². The van der Waals surface area contributed by atoms with Gasteiger partial charge in [-0.3, -0.25) is 10.5 Å². The van der Waals surface area contributed by atoms with Gasteiger partial charge in [-0.25, -0.2) is 5.43 Å². The Morgan fingerprint density at radius 3 is 2.75 bits per heavy atom. The van der Waals surface area contributed by atoms with Crippen LogP contribution in [0.3, 0.4) is 0 Å². The number of hydrogen-bond acceptors (Lipinski definition) is 5. The van der Waals surface area contributed by atoms with Crippen LogP contribution in [0.4, 0.5) is 0 Å². The van der Waals surface area contributed by atoms with Gasteiger partial charge in [-0.05, 0) is 49.3 Å². The van der Waals surface area contributed by atoms with Gasteiger partial charge in [0, 0.05) is 13.7 Å². The van der Waals surface area contributed by atoms with Gasteiger partial charge in [-0.1, -0.05) is 0 Å². The summed E-state index contributed by atoms with van der Waals surface area (Å²) in [5.74, 6) is 5.83. The van der Waals surface area contributed by atoms with Gasteiger partial charge in [-0.2, -0.15) is 5.10 Å². The molecule has 114 valence electrons. The summed E-state index contributed by atoms with van der Waals surface area (Å²) in [4.78, 5) is 2.14. The van der Waals surface area contributed by atoms with Gasteiger partial charge in [0.2, 0.25) is 0 Å². The van der Waals surface area contributed by atoms with Crippen molar-refractivity contribution in [2.24, 2.45) is 5.84 Å². The highest BCUT2D eigenvalue weighted by molar-refractivity contribution is 9.10. The summed E-state index contributed by atoms with van der Waals surface area (Å²) in [7, 11) is 5.87. The van der Waals surface area contributed by atoms with E-state index in [-0.39, 0.29) is 11.6 Å². The molecule has 1 aliphatic rings. The van der Waals surface area contributed by atoms with Gasteiger partial charge in [0.15, 0.2) is 0 Å². The molecule has 1 aromatic heterocycles. The largest absolute Gasteiger partial charge is 0.376 e. The van der Waals surface area contributed by atoms with E-state index >= 15 is 0 Å². The van der Waals surface area contributed by atoms with E-state index in [0.29, 0.717) is 0 Å². The molecule has 3 N–H and O–H groups in total. The molecule has 0 spiro atoms. The van der Waals surface area contributed by atoms with Gasteiger partial charge in [0.1, 0.15) is 0 Å². The number of nitrogens with two attached hydrogens (primary N) is 1. The summed E-state index contributed by atoms with van der Waals surface area (Å²) in [6, 6.07) is -0.0553. The Bertz CT molecular complexity index is 438. The fraction of sp³-hybridized carbons (Fsp3) is 0.769. The standard InChI is InChI=1S/C13H24BrN5O/c1-18(2)7-8-19-11(10(14)9-16-19)12(17-15)13(20-3)5-4-6-13/h9,12,17H,4-8,15H2,1-3H3. The first kappa shape index (κ1) is 15.9. The minimum Gasteiger partial charge on any atom is -0.376 e. The van der Waals surface area contributed by atoms with Crippen molar-refractivity contribution in [1.82, 2.24) is 20.1 Å². The summed E-state index contributed by atoms with van der Waals surface area (Å²) in [5, 5.41) is 4.45. The predicted molar refractivity (Wildman–Crippen MR) is 82.1 cm³/mol. The SMILES string of the molecule is COC1(C(NN)c2c(Br)cnn2CCN(C)C)CCC1. The molecule has 0 amide bonds. The lowest BCUT2D eigenvalue weighted by Gasteiger charge is -2.46. The quantitative estimate of drug-likeness (QED) is 0.575. The van der Waals surface area contributed by atoms with Crippen LogP contribution >= 0.6 is 15.9 Å². The van der Waals surface area contributed by atoms with Crippen molar-refractivity contribution < 1.29 is 4.74 Å². The molecule has 0 bridgehead atoms. The molecule has 1 aromatic rings. The zero-order valence-corrected chi connectivity index (χ0v) is 14.0. The van der Waals surface area contributed by atoms with Crippen LogP contribution in [0.15, 0.2) is 10.7 Å². The number of rotatable bonds is 7. The van der Waals surface area contributed by atoms with Crippen LogP contribution in [0.2, 0.25) is 0 Å². The van der Waals surface area contributed by atoms with E-state index in [1.54, 1.807) is 7.11 Å². The van der Waals surface area contributed by atoms with Crippen LogP contribution in [0.5, 0.6) is 0 Å². The molecule has 1 aliphatic carbocycles. The van der Waals surface area contributed by atoms with Crippen LogP contribution in [0.25, 0.3) is 0 Å². The highest BCUT2D eigenvalue weighted by Crippen LogP contribution is 2.45. The second-order valence-corrected chi connectivity index (χ2v) is 6.48. The Morgan fingerprint density at radius 1 is 1.60 bits per heavy atom. The Morgan fingerprint density at radius 2 is 2.30 bits per heavy atom. The number of halogens is 1. The number of nitrogens with zero attached hydrogens (tertiary/aromatic N) is 3. The number of nitrogens with one attached hydrogen (secondary N) is 1. The summed E-state index contributed by atoms with van der Waals surface area (Å²) in [6.07, 6.45) is 5.04. The average molecular weight is 346 g/mol. The Balaban J connectivity index is 2.27. The van der Waals surface area contributed by atoms with Crippen LogP contribution in [-0.4, -0.2) is 48.0 Å². The lowest BCUT2D eigenvalue weighted by Crippen LogP contribution is -2.53. The van der Waals surface area contributed by atoms with Gasteiger partial charge in [0.05, 0.1) is 34.6 Å².